The number of hydrogen-bond donors (Lipinski definition) is 1. The molecule has 1 amide bonds. The summed E-state index contributed by atoms with van der Waals surface area (Å²) in [4.78, 5) is 11.9. The van der Waals surface area contributed by atoms with Gasteiger partial charge in [-0.05, 0) is 38.8 Å². The van der Waals surface area contributed by atoms with Crippen molar-refractivity contribution in [3.05, 3.63) is 36.0 Å². The molecule has 0 radical (unpaired) electrons. The molecular weight excluding hydrogens is 333 g/mol. The summed E-state index contributed by atoms with van der Waals surface area (Å²) in [7, 11) is 0. The first-order valence-corrected chi connectivity index (χ1v) is 8.62. The second kappa shape index (κ2) is 7.21. The fourth-order valence-corrected chi connectivity index (χ4v) is 2.66. The van der Waals surface area contributed by atoms with E-state index in [1.165, 1.54) is 23.9 Å². The van der Waals surface area contributed by atoms with Gasteiger partial charge in [0.15, 0.2) is 17.7 Å². The van der Waals surface area contributed by atoms with Crippen LogP contribution < -0.4 is 10.1 Å². The first-order valence-electron chi connectivity index (χ1n) is 7.74. The highest BCUT2D eigenvalue weighted by Crippen LogP contribution is 2.28. The smallest absolute Gasteiger partial charge is 0.277 e. The topological polar surface area (TPSA) is 77.2 Å². The highest BCUT2D eigenvalue weighted by molar-refractivity contribution is 8.00. The predicted octanol–water partition coefficient (Wildman–Crippen LogP) is 3.11. The quantitative estimate of drug-likeness (QED) is 0.773. The van der Waals surface area contributed by atoms with Crippen LogP contribution in [0.5, 0.6) is 5.75 Å². The van der Waals surface area contributed by atoms with Gasteiger partial charge in [-0.1, -0.05) is 23.9 Å². The fraction of sp³-hybridized carbons (Fsp3) is 0.438. The summed E-state index contributed by atoms with van der Waals surface area (Å²) in [5.74, 6) is -0.146. The highest BCUT2D eigenvalue weighted by atomic mass is 32.2. The van der Waals surface area contributed by atoms with Gasteiger partial charge in [-0.2, -0.15) is 0 Å². The summed E-state index contributed by atoms with van der Waals surface area (Å²) in [6.45, 7) is 3.48. The van der Waals surface area contributed by atoms with Crippen molar-refractivity contribution < 1.29 is 18.3 Å². The molecule has 24 heavy (non-hydrogen) atoms. The van der Waals surface area contributed by atoms with Gasteiger partial charge in [-0.15, -0.1) is 10.2 Å². The van der Waals surface area contributed by atoms with Gasteiger partial charge >= 0.3 is 0 Å². The summed E-state index contributed by atoms with van der Waals surface area (Å²) in [5, 5.41) is 10.7. The number of nitrogens with zero attached hydrogens (tertiary/aromatic N) is 2. The number of nitrogens with one attached hydrogen (secondary N) is 1. The van der Waals surface area contributed by atoms with Gasteiger partial charge in [0.1, 0.15) is 0 Å². The van der Waals surface area contributed by atoms with Crippen LogP contribution in [0.2, 0.25) is 0 Å². The molecule has 1 aromatic carbocycles. The van der Waals surface area contributed by atoms with E-state index in [0.717, 1.165) is 12.8 Å². The number of para-hydroxylation sites is 1. The molecule has 2 atom stereocenters. The lowest BCUT2D eigenvalue weighted by molar-refractivity contribution is -0.120. The van der Waals surface area contributed by atoms with Crippen molar-refractivity contribution in [2.45, 2.75) is 49.3 Å². The minimum atomic E-state index is -0.598. The van der Waals surface area contributed by atoms with E-state index in [4.69, 9.17) is 9.15 Å². The number of thioether (sulfide) groups is 1. The molecule has 1 fully saturated rings. The molecule has 1 aromatic heterocycles. The monoisotopic (exact) mass is 351 g/mol. The maximum atomic E-state index is 13.6. The Hall–Kier alpha value is -2.09. The van der Waals surface area contributed by atoms with Crippen LogP contribution in [0, 0.1) is 5.82 Å². The van der Waals surface area contributed by atoms with Crippen molar-refractivity contribution in [2.75, 3.05) is 0 Å². The minimum Gasteiger partial charge on any atom is -0.478 e. The summed E-state index contributed by atoms with van der Waals surface area (Å²) in [6.07, 6.45) is 1.48. The Morgan fingerprint density at radius 1 is 1.38 bits per heavy atom. The number of benzene rings is 1. The van der Waals surface area contributed by atoms with Crippen LogP contribution >= 0.6 is 11.8 Å². The van der Waals surface area contributed by atoms with Crippen LogP contribution in [0.15, 0.2) is 33.9 Å². The third-order valence-electron chi connectivity index (χ3n) is 3.48. The molecule has 3 rings (SSSR count). The molecule has 0 spiro atoms. The molecule has 6 nitrogen and oxygen atoms in total. The largest absolute Gasteiger partial charge is 0.478 e. The van der Waals surface area contributed by atoms with Gasteiger partial charge < -0.3 is 14.5 Å². The Bertz CT molecular complexity index is 720. The molecule has 8 heteroatoms. The van der Waals surface area contributed by atoms with Crippen LogP contribution in [0.4, 0.5) is 4.39 Å². The third kappa shape index (κ3) is 4.25. The highest BCUT2D eigenvalue weighted by Gasteiger charge is 2.27. The van der Waals surface area contributed by atoms with E-state index in [1.807, 2.05) is 0 Å². The lowest BCUT2D eigenvalue weighted by Crippen LogP contribution is -2.32. The number of carbonyl (C=O) groups is 1. The molecule has 128 valence electrons. The SMILES string of the molecule is CC(Sc1nnc(C(C)Oc2ccccc2F)o1)C(=O)NC1CC1. The Morgan fingerprint density at radius 2 is 2.12 bits per heavy atom. The lowest BCUT2D eigenvalue weighted by atomic mass is 10.3. The van der Waals surface area contributed by atoms with Gasteiger partial charge in [0.2, 0.25) is 5.91 Å². The van der Waals surface area contributed by atoms with E-state index in [2.05, 4.69) is 15.5 Å². The van der Waals surface area contributed by atoms with E-state index < -0.39 is 11.9 Å². The maximum absolute atomic E-state index is 13.6. The van der Waals surface area contributed by atoms with E-state index in [0.29, 0.717) is 6.04 Å². The van der Waals surface area contributed by atoms with Crippen LogP contribution in [0.25, 0.3) is 0 Å². The summed E-state index contributed by atoms with van der Waals surface area (Å²) >= 11 is 1.19. The van der Waals surface area contributed by atoms with Gasteiger partial charge in [0.05, 0.1) is 5.25 Å². The zero-order valence-electron chi connectivity index (χ0n) is 13.4. The Kier molecular flexibility index (Phi) is 5.03. The molecule has 1 aliphatic carbocycles. The predicted molar refractivity (Wildman–Crippen MR) is 86.2 cm³/mol. The molecule has 2 aromatic rings. The Balaban J connectivity index is 1.58. The van der Waals surface area contributed by atoms with Crippen molar-refractivity contribution in [1.29, 1.82) is 0 Å². The summed E-state index contributed by atoms with van der Waals surface area (Å²) in [5.41, 5.74) is 0. The minimum absolute atomic E-state index is 0.0436. The van der Waals surface area contributed by atoms with E-state index in [1.54, 1.807) is 26.0 Å². The molecule has 1 heterocycles. The van der Waals surface area contributed by atoms with Crippen molar-refractivity contribution in [3.63, 3.8) is 0 Å². The van der Waals surface area contributed by atoms with Crippen LogP contribution in [0.3, 0.4) is 0 Å². The Labute approximate surface area is 143 Å². The van der Waals surface area contributed by atoms with Crippen molar-refractivity contribution >= 4 is 17.7 Å². The second-order valence-corrected chi connectivity index (χ2v) is 6.93. The van der Waals surface area contributed by atoms with E-state index in [9.17, 15) is 9.18 Å². The average molecular weight is 351 g/mol. The van der Waals surface area contributed by atoms with Gasteiger partial charge in [-0.25, -0.2) is 4.39 Å². The number of ether oxygens (including phenoxy) is 1. The zero-order chi connectivity index (χ0) is 17.1. The molecule has 2 unspecified atom stereocenters. The fourth-order valence-electron chi connectivity index (χ4n) is 1.96. The zero-order valence-corrected chi connectivity index (χ0v) is 14.2. The lowest BCUT2D eigenvalue weighted by Gasteiger charge is -2.11. The molecular formula is C16H18FN3O3S. The molecule has 0 saturated heterocycles. The number of halogens is 1. The van der Waals surface area contributed by atoms with Crippen molar-refractivity contribution in [3.8, 4) is 5.75 Å². The van der Waals surface area contributed by atoms with Crippen LogP contribution in [-0.4, -0.2) is 27.4 Å². The van der Waals surface area contributed by atoms with E-state index >= 15 is 0 Å². The Morgan fingerprint density at radius 3 is 2.83 bits per heavy atom. The molecule has 1 saturated carbocycles. The number of rotatable bonds is 7. The molecule has 1 aliphatic rings. The summed E-state index contributed by atoms with van der Waals surface area (Å²) in [6, 6.07) is 6.43. The molecule has 0 bridgehead atoms. The van der Waals surface area contributed by atoms with Gasteiger partial charge in [-0.3, -0.25) is 4.79 Å². The average Bonchev–Trinajstić information content (AvgIpc) is 3.24. The van der Waals surface area contributed by atoms with Crippen LogP contribution in [-0.2, 0) is 4.79 Å². The standard InChI is InChI=1S/C16H18FN3O3S/c1-9(22-13-6-4-3-5-12(13)17)15-19-20-16(23-15)24-10(2)14(21)18-11-7-8-11/h3-6,9-11H,7-8H2,1-2H3,(H,18,21). The number of amides is 1. The van der Waals surface area contributed by atoms with Crippen molar-refractivity contribution in [2.24, 2.45) is 0 Å². The molecule has 1 N–H and O–H groups in total. The maximum Gasteiger partial charge on any atom is 0.277 e. The first kappa shape index (κ1) is 16.8. The number of hydrogen-bond acceptors (Lipinski definition) is 6. The normalized spacial score (nSPS) is 16.5. The van der Waals surface area contributed by atoms with Gasteiger partial charge in [0.25, 0.3) is 11.1 Å². The second-order valence-electron chi connectivity index (χ2n) is 5.64. The van der Waals surface area contributed by atoms with Crippen molar-refractivity contribution in [1.82, 2.24) is 15.5 Å². The third-order valence-corrected chi connectivity index (χ3v) is 4.42. The van der Waals surface area contributed by atoms with E-state index in [-0.39, 0.29) is 28.0 Å². The first-order chi connectivity index (χ1) is 11.5. The number of carbonyl (C=O) groups excluding carboxylic acids is 1. The van der Waals surface area contributed by atoms with Gasteiger partial charge in [0, 0.05) is 6.04 Å². The van der Waals surface area contributed by atoms with Crippen LogP contribution in [0.1, 0.15) is 38.7 Å². The summed E-state index contributed by atoms with van der Waals surface area (Å²) < 4.78 is 24.6. The molecule has 0 aliphatic heterocycles. The number of aromatic nitrogens is 2.